The third-order valence-corrected chi connectivity index (χ3v) is 2.49. The summed E-state index contributed by atoms with van der Waals surface area (Å²) < 4.78 is 50.0. The Bertz CT molecular complexity index is 406. The normalized spacial score (nSPS) is 11.2. The summed E-state index contributed by atoms with van der Waals surface area (Å²) in [5, 5.41) is 0. The first-order valence-electron chi connectivity index (χ1n) is 4.72. The van der Waals surface area contributed by atoms with E-state index in [9.17, 15) is 22.4 Å². The van der Waals surface area contributed by atoms with Crippen LogP contribution in [-0.2, 0) is 11.2 Å². The Morgan fingerprint density at radius 2 is 1.82 bits per heavy atom. The van der Waals surface area contributed by atoms with Crippen molar-refractivity contribution >= 4 is 17.4 Å². The minimum absolute atomic E-state index is 0.0940. The highest BCUT2D eigenvalue weighted by Crippen LogP contribution is 2.28. The van der Waals surface area contributed by atoms with Gasteiger partial charge in [0.15, 0.2) is 5.78 Å². The Balaban J connectivity index is 3.11. The van der Waals surface area contributed by atoms with Crippen molar-refractivity contribution < 1.29 is 22.4 Å². The number of hydrogen-bond acceptors (Lipinski definition) is 1. The second kappa shape index (κ2) is 6.00. The van der Waals surface area contributed by atoms with Crippen molar-refractivity contribution in [3.63, 3.8) is 0 Å². The molecule has 0 saturated carbocycles. The second-order valence-corrected chi connectivity index (χ2v) is 3.68. The number of benzene rings is 1. The van der Waals surface area contributed by atoms with Gasteiger partial charge in [-0.2, -0.15) is 0 Å². The van der Waals surface area contributed by atoms with Crippen molar-refractivity contribution in [3.05, 3.63) is 34.9 Å². The van der Waals surface area contributed by atoms with Crippen molar-refractivity contribution in [2.75, 3.05) is 5.88 Å². The Morgan fingerprint density at radius 3 is 2.29 bits per heavy atom. The van der Waals surface area contributed by atoms with Gasteiger partial charge in [-0.15, -0.1) is 11.6 Å². The van der Waals surface area contributed by atoms with Gasteiger partial charge in [0.25, 0.3) is 12.9 Å². The Labute approximate surface area is 100 Å². The molecule has 0 radical (unpaired) electrons. The molecule has 0 unspecified atom stereocenters. The maximum atomic E-state index is 12.6. The molecule has 0 aromatic heterocycles. The van der Waals surface area contributed by atoms with Gasteiger partial charge in [-0.25, -0.2) is 17.6 Å². The molecule has 94 valence electrons. The number of ketones is 1. The molecule has 1 nitrogen and oxygen atoms in total. The summed E-state index contributed by atoms with van der Waals surface area (Å²) in [7, 11) is 0. The first-order valence-corrected chi connectivity index (χ1v) is 5.25. The van der Waals surface area contributed by atoms with Crippen LogP contribution in [0.2, 0.25) is 0 Å². The van der Waals surface area contributed by atoms with Crippen LogP contribution in [0, 0.1) is 0 Å². The average molecular weight is 269 g/mol. The Hall–Kier alpha value is -1.10. The zero-order valence-electron chi connectivity index (χ0n) is 8.60. The molecule has 0 aliphatic rings. The van der Waals surface area contributed by atoms with Crippen LogP contribution >= 0.6 is 11.6 Å². The number of Topliss-reactive ketones (excluding diaryl/α,β-unsaturated/α-hetero) is 1. The van der Waals surface area contributed by atoms with E-state index in [0.29, 0.717) is 0 Å². The van der Waals surface area contributed by atoms with Crippen LogP contribution in [-0.4, -0.2) is 11.7 Å². The molecule has 1 aromatic carbocycles. The monoisotopic (exact) mass is 268 g/mol. The van der Waals surface area contributed by atoms with E-state index >= 15 is 0 Å². The van der Waals surface area contributed by atoms with Crippen LogP contribution in [0.1, 0.15) is 29.5 Å². The highest BCUT2D eigenvalue weighted by molar-refractivity contribution is 6.27. The molecule has 17 heavy (non-hydrogen) atoms. The van der Waals surface area contributed by atoms with Crippen LogP contribution < -0.4 is 0 Å². The third kappa shape index (κ3) is 3.70. The van der Waals surface area contributed by atoms with Gasteiger partial charge < -0.3 is 0 Å². The van der Waals surface area contributed by atoms with Crippen LogP contribution in [0.25, 0.3) is 0 Å². The summed E-state index contributed by atoms with van der Waals surface area (Å²) >= 11 is 5.25. The van der Waals surface area contributed by atoms with Gasteiger partial charge in [0, 0.05) is 17.5 Å². The van der Waals surface area contributed by atoms with Gasteiger partial charge in [0.05, 0.1) is 5.88 Å². The third-order valence-electron chi connectivity index (χ3n) is 2.19. The summed E-state index contributed by atoms with van der Waals surface area (Å²) in [6, 6.07) is 2.78. The lowest BCUT2D eigenvalue weighted by molar-refractivity contribution is -0.116. The molecular formula is C11H9ClF4O. The van der Waals surface area contributed by atoms with Gasteiger partial charge in [0.2, 0.25) is 0 Å². The van der Waals surface area contributed by atoms with Crippen molar-refractivity contribution in [2.24, 2.45) is 0 Å². The van der Waals surface area contributed by atoms with Crippen molar-refractivity contribution in [2.45, 2.75) is 19.3 Å². The van der Waals surface area contributed by atoms with Crippen LogP contribution in [0.4, 0.5) is 17.6 Å². The molecule has 0 amide bonds. The number of alkyl halides is 5. The van der Waals surface area contributed by atoms with E-state index in [1.165, 1.54) is 0 Å². The molecule has 1 aromatic rings. The van der Waals surface area contributed by atoms with E-state index in [0.717, 1.165) is 18.2 Å². The van der Waals surface area contributed by atoms with E-state index in [1.807, 2.05) is 0 Å². The highest BCUT2D eigenvalue weighted by Gasteiger charge is 2.17. The number of halogens is 5. The molecule has 1 rings (SSSR count). The van der Waals surface area contributed by atoms with Gasteiger partial charge in [0.1, 0.15) is 0 Å². The molecular weight excluding hydrogens is 260 g/mol. The molecule has 0 bridgehead atoms. The van der Waals surface area contributed by atoms with Gasteiger partial charge in [-0.1, -0.05) is 12.1 Å². The zero-order valence-corrected chi connectivity index (χ0v) is 9.35. The molecule has 0 fully saturated rings. The lowest BCUT2D eigenvalue weighted by atomic mass is 10.00. The quantitative estimate of drug-likeness (QED) is 0.584. The molecule has 0 atom stereocenters. The predicted molar refractivity (Wildman–Crippen MR) is 55.8 cm³/mol. The average Bonchev–Trinajstić information content (AvgIpc) is 2.28. The minimum atomic E-state index is -2.81. The fourth-order valence-corrected chi connectivity index (χ4v) is 1.48. The van der Waals surface area contributed by atoms with Crippen molar-refractivity contribution in [3.8, 4) is 0 Å². The molecule has 0 saturated heterocycles. The lowest BCUT2D eigenvalue weighted by Gasteiger charge is -2.10. The van der Waals surface area contributed by atoms with Crippen molar-refractivity contribution in [1.29, 1.82) is 0 Å². The summed E-state index contributed by atoms with van der Waals surface area (Å²) in [5.41, 5.74) is -0.886. The fourth-order valence-electron chi connectivity index (χ4n) is 1.39. The summed E-state index contributed by atoms with van der Waals surface area (Å²) in [6.07, 6.45) is -5.92. The van der Waals surface area contributed by atoms with Crippen LogP contribution in [0.3, 0.4) is 0 Å². The van der Waals surface area contributed by atoms with Gasteiger partial charge >= 0.3 is 0 Å². The summed E-state index contributed by atoms with van der Waals surface area (Å²) in [5.74, 6) is -0.818. The first-order chi connectivity index (χ1) is 7.95. The standard InChI is InChI=1S/C11H9ClF4O/c12-5-8(17)4-7-3-6(10(13)14)1-2-9(7)11(15)16/h1-3,10-11H,4-5H2. The highest BCUT2D eigenvalue weighted by atomic mass is 35.5. The molecule has 0 aliphatic carbocycles. The second-order valence-electron chi connectivity index (χ2n) is 3.41. The number of carbonyl (C=O) groups excluding carboxylic acids is 1. The number of carbonyl (C=O) groups is 1. The zero-order chi connectivity index (χ0) is 13.0. The Morgan fingerprint density at radius 1 is 1.18 bits per heavy atom. The predicted octanol–water partition coefficient (Wildman–Crippen LogP) is 3.91. The van der Waals surface area contributed by atoms with Gasteiger partial charge in [-0.3, -0.25) is 4.79 Å². The molecule has 0 heterocycles. The molecule has 0 N–H and O–H groups in total. The van der Waals surface area contributed by atoms with E-state index in [4.69, 9.17) is 11.6 Å². The van der Waals surface area contributed by atoms with E-state index < -0.39 is 24.2 Å². The number of rotatable bonds is 5. The maximum Gasteiger partial charge on any atom is 0.264 e. The van der Waals surface area contributed by atoms with E-state index in [2.05, 4.69) is 0 Å². The SMILES string of the molecule is O=C(CCl)Cc1cc(C(F)F)ccc1C(F)F. The van der Waals surface area contributed by atoms with Crippen molar-refractivity contribution in [1.82, 2.24) is 0 Å². The van der Waals surface area contributed by atoms with Gasteiger partial charge in [-0.05, 0) is 11.6 Å². The maximum absolute atomic E-state index is 12.6. The first kappa shape index (κ1) is 14.0. The van der Waals surface area contributed by atoms with Crippen LogP contribution in [0.15, 0.2) is 18.2 Å². The lowest BCUT2D eigenvalue weighted by Crippen LogP contribution is -2.07. The Kier molecular flexibility index (Phi) is 4.93. The van der Waals surface area contributed by atoms with Crippen LogP contribution in [0.5, 0.6) is 0 Å². The van der Waals surface area contributed by atoms with E-state index in [1.54, 1.807) is 0 Å². The summed E-state index contributed by atoms with van der Waals surface area (Å²) in [4.78, 5) is 11.1. The largest absolute Gasteiger partial charge is 0.298 e. The molecule has 0 spiro atoms. The molecule has 0 aliphatic heterocycles. The smallest absolute Gasteiger partial charge is 0.264 e. The van der Waals surface area contributed by atoms with E-state index in [-0.39, 0.29) is 23.4 Å². The summed E-state index contributed by atoms with van der Waals surface area (Å²) in [6.45, 7) is 0. The minimum Gasteiger partial charge on any atom is -0.298 e. The molecule has 6 heteroatoms. The fraction of sp³-hybridized carbons (Fsp3) is 0.364. The topological polar surface area (TPSA) is 17.1 Å². The number of hydrogen-bond donors (Lipinski definition) is 0.